The molecular formula is C11H21NO. The van der Waals surface area contributed by atoms with Crippen molar-refractivity contribution in [2.24, 2.45) is 5.92 Å². The van der Waals surface area contributed by atoms with Gasteiger partial charge < -0.3 is 0 Å². The number of Topliss-reactive ketones (excluding diaryl/α,β-unsaturated/α-hetero) is 1. The van der Waals surface area contributed by atoms with Gasteiger partial charge in [0.1, 0.15) is 5.78 Å². The molecule has 1 atom stereocenters. The van der Waals surface area contributed by atoms with Gasteiger partial charge in [0, 0.05) is 6.54 Å². The predicted octanol–water partition coefficient (Wildman–Crippen LogP) is 2.09. The van der Waals surface area contributed by atoms with Gasteiger partial charge in [-0.2, -0.15) is 0 Å². The second kappa shape index (κ2) is 4.75. The molecule has 1 unspecified atom stereocenters. The molecule has 0 amide bonds. The Hall–Kier alpha value is -0.370. The Kier molecular flexibility index (Phi) is 3.91. The summed E-state index contributed by atoms with van der Waals surface area (Å²) in [6.45, 7) is 8.10. The van der Waals surface area contributed by atoms with Crippen LogP contribution in [0.15, 0.2) is 0 Å². The van der Waals surface area contributed by atoms with Gasteiger partial charge in [-0.1, -0.05) is 6.92 Å². The number of hydrogen-bond acceptors (Lipinski definition) is 2. The van der Waals surface area contributed by atoms with Crippen LogP contribution in [0.2, 0.25) is 0 Å². The van der Waals surface area contributed by atoms with Crippen molar-refractivity contribution in [3.05, 3.63) is 0 Å². The molecule has 0 spiro atoms. The Morgan fingerprint density at radius 3 is 2.54 bits per heavy atom. The molecule has 0 saturated heterocycles. The molecular weight excluding hydrogens is 162 g/mol. The van der Waals surface area contributed by atoms with Gasteiger partial charge in [0.15, 0.2) is 0 Å². The van der Waals surface area contributed by atoms with Gasteiger partial charge in [-0.25, -0.2) is 0 Å². The first kappa shape index (κ1) is 10.7. The molecule has 1 saturated carbocycles. The molecule has 1 aliphatic carbocycles. The lowest BCUT2D eigenvalue weighted by Gasteiger charge is -2.26. The maximum atomic E-state index is 11.2. The first-order chi connectivity index (χ1) is 6.15. The summed E-state index contributed by atoms with van der Waals surface area (Å²) in [5.41, 5.74) is 0. The van der Waals surface area contributed by atoms with Crippen molar-refractivity contribution in [1.82, 2.24) is 4.90 Å². The molecule has 0 aliphatic heterocycles. The van der Waals surface area contributed by atoms with E-state index < -0.39 is 0 Å². The highest BCUT2D eigenvalue weighted by Crippen LogP contribution is 2.30. The lowest BCUT2D eigenvalue weighted by molar-refractivity contribution is -0.121. The molecule has 1 rings (SSSR count). The fourth-order valence-electron chi connectivity index (χ4n) is 1.62. The molecule has 13 heavy (non-hydrogen) atoms. The highest BCUT2D eigenvalue weighted by molar-refractivity contribution is 5.80. The number of nitrogens with zero attached hydrogens (tertiary/aromatic N) is 1. The summed E-state index contributed by atoms with van der Waals surface area (Å²) < 4.78 is 0. The Morgan fingerprint density at radius 2 is 2.15 bits per heavy atom. The smallest absolute Gasteiger partial charge is 0.146 e. The van der Waals surface area contributed by atoms with Gasteiger partial charge in [-0.3, -0.25) is 9.69 Å². The fourth-order valence-corrected chi connectivity index (χ4v) is 1.62. The summed E-state index contributed by atoms with van der Waals surface area (Å²) in [6.07, 6.45) is 3.88. The maximum absolute atomic E-state index is 11.2. The second-order valence-electron chi connectivity index (χ2n) is 4.22. The lowest BCUT2D eigenvalue weighted by atomic mass is 10.2. The molecule has 0 radical (unpaired) electrons. The Labute approximate surface area is 81.3 Å². The fraction of sp³-hybridized carbons (Fsp3) is 0.909. The number of carbonyl (C=O) groups is 1. The zero-order chi connectivity index (χ0) is 9.84. The van der Waals surface area contributed by atoms with Crippen LogP contribution in [0.3, 0.4) is 0 Å². The van der Waals surface area contributed by atoms with Gasteiger partial charge in [-0.15, -0.1) is 0 Å². The van der Waals surface area contributed by atoms with Crippen molar-refractivity contribution in [3.63, 3.8) is 0 Å². The number of carbonyl (C=O) groups excluding carboxylic acids is 1. The molecule has 0 N–H and O–H groups in total. The Morgan fingerprint density at radius 1 is 1.54 bits per heavy atom. The zero-order valence-electron chi connectivity index (χ0n) is 9.05. The van der Waals surface area contributed by atoms with Gasteiger partial charge in [0.2, 0.25) is 0 Å². The average Bonchev–Trinajstić information content (AvgIpc) is 2.86. The topological polar surface area (TPSA) is 20.3 Å². The van der Waals surface area contributed by atoms with Crippen LogP contribution in [0.25, 0.3) is 0 Å². The molecule has 1 fully saturated rings. The quantitative estimate of drug-likeness (QED) is 0.628. The van der Waals surface area contributed by atoms with E-state index in [9.17, 15) is 4.79 Å². The van der Waals surface area contributed by atoms with E-state index in [-0.39, 0.29) is 6.04 Å². The van der Waals surface area contributed by atoms with Gasteiger partial charge in [0.05, 0.1) is 6.04 Å². The third-order valence-electron chi connectivity index (χ3n) is 2.84. The number of rotatable bonds is 6. The molecule has 1 aliphatic rings. The van der Waals surface area contributed by atoms with Crippen LogP contribution in [-0.2, 0) is 4.79 Å². The summed E-state index contributed by atoms with van der Waals surface area (Å²) in [4.78, 5) is 13.6. The van der Waals surface area contributed by atoms with Crippen LogP contribution in [0.5, 0.6) is 0 Å². The van der Waals surface area contributed by atoms with Crippen molar-refractivity contribution in [3.8, 4) is 0 Å². The number of ketones is 1. The monoisotopic (exact) mass is 183 g/mol. The van der Waals surface area contributed by atoms with Crippen LogP contribution in [0, 0.1) is 5.92 Å². The van der Waals surface area contributed by atoms with E-state index >= 15 is 0 Å². The summed E-state index contributed by atoms with van der Waals surface area (Å²) in [7, 11) is 0. The number of hydrogen-bond donors (Lipinski definition) is 0. The van der Waals surface area contributed by atoms with E-state index in [1.807, 2.05) is 6.92 Å². The van der Waals surface area contributed by atoms with E-state index in [2.05, 4.69) is 11.8 Å². The Balaban J connectivity index is 2.38. The van der Waals surface area contributed by atoms with Crippen molar-refractivity contribution >= 4 is 5.78 Å². The minimum absolute atomic E-state index is 0.126. The second-order valence-corrected chi connectivity index (χ2v) is 4.22. The van der Waals surface area contributed by atoms with Crippen LogP contribution in [-0.4, -0.2) is 29.8 Å². The zero-order valence-corrected chi connectivity index (χ0v) is 9.05. The molecule has 0 aromatic rings. The summed E-state index contributed by atoms with van der Waals surface area (Å²) in [5.74, 6) is 1.18. The Bertz CT molecular complexity index is 175. The van der Waals surface area contributed by atoms with E-state index in [1.54, 1.807) is 6.92 Å². The van der Waals surface area contributed by atoms with E-state index in [0.29, 0.717) is 5.78 Å². The lowest BCUT2D eigenvalue weighted by Crippen LogP contribution is -2.39. The first-order valence-corrected chi connectivity index (χ1v) is 5.39. The third-order valence-corrected chi connectivity index (χ3v) is 2.84. The van der Waals surface area contributed by atoms with E-state index in [0.717, 1.165) is 25.4 Å². The van der Waals surface area contributed by atoms with Gasteiger partial charge in [0.25, 0.3) is 0 Å². The molecule has 2 nitrogen and oxygen atoms in total. The molecule has 0 aromatic carbocycles. The van der Waals surface area contributed by atoms with Crippen LogP contribution in [0.4, 0.5) is 0 Å². The molecule has 0 bridgehead atoms. The normalized spacial score (nSPS) is 19.1. The SMILES string of the molecule is CCCN(CC1CC1)C(C)C(C)=O. The molecule has 0 heterocycles. The maximum Gasteiger partial charge on any atom is 0.146 e. The average molecular weight is 183 g/mol. The molecule has 0 aromatic heterocycles. The van der Waals surface area contributed by atoms with Gasteiger partial charge >= 0.3 is 0 Å². The van der Waals surface area contributed by atoms with E-state index in [4.69, 9.17) is 0 Å². The molecule has 2 heteroatoms. The largest absolute Gasteiger partial charge is 0.298 e. The summed E-state index contributed by atoms with van der Waals surface area (Å²) >= 11 is 0. The van der Waals surface area contributed by atoms with Crippen LogP contribution in [0.1, 0.15) is 40.0 Å². The minimum Gasteiger partial charge on any atom is -0.298 e. The highest BCUT2D eigenvalue weighted by Gasteiger charge is 2.27. The van der Waals surface area contributed by atoms with Crippen molar-refractivity contribution in [1.29, 1.82) is 0 Å². The predicted molar refractivity (Wildman–Crippen MR) is 54.7 cm³/mol. The van der Waals surface area contributed by atoms with Crippen molar-refractivity contribution in [2.45, 2.75) is 46.1 Å². The standard InChI is InChI=1S/C11H21NO/c1-4-7-12(8-11-5-6-11)9(2)10(3)13/h9,11H,4-8H2,1-3H3. The van der Waals surface area contributed by atoms with Crippen LogP contribution >= 0.6 is 0 Å². The van der Waals surface area contributed by atoms with Gasteiger partial charge in [-0.05, 0) is 45.6 Å². The summed E-state index contributed by atoms with van der Waals surface area (Å²) in [6, 6.07) is 0.126. The highest BCUT2D eigenvalue weighted by atomic mass is 16.1. The summed E-state index contributed by atoms with van der Waals surface area (Å²) in [5, 5.41) is 0. The van der Waals surface area contributed by atoms with Crippen molar-refractivity contribution < 1.29 is 4.79 Å². The van der Waals surface area contributed by atoms with Crippen molar-refractivity contribution in [2.75, 3.05) is 13.1 Å². The third kappa shape index (κ3) is 3.47. The first-order valence-electron chi connectivity index (χ1n) is 5.39. The van der Waals surface area contributed by atoms with E-state index in [1.165, 1.54) is 12.8 Å². The van der Waals surface area contributed by atoms with Crippen LogP contribution < -0.4 is 0 Å². The molecule has 76 valence electrons. The minimum atomic E-state index is 0.126.